The van der Waals surface area contributed by atoms with Crippen LogP contribution in [0.1, 0.15) is 42.2 Å². The number of nitrogens with one attached hydrogen (secondary N) is 2. The summed E-state index contributed by atoms with van der Waals surface area (Å²) in [5.74, 6) is -1.45. The molecular weight excluding hydrogens is 332 g/mol. The first-order chi connectivity index (χ1) is 12.5. The fourth-order valence-electron chi connectivity index (χ4n) is 2.43. The molecule has 6 nitrogen and oxygen atoms in total. The summed E-state index contributed by atoms with van der Waals surface area (Å²) in [5, 5.41) is 5.50. The quantitative estimate of drug-likeness (QED) is 0.591. The van der Waals surface area contributed by atoms with E-state index in [2.05, 4.69) is 10.6 Å². The average molecular weight is 354 g/mol. The van der Waals surface area contributed by atoms with E-state index in [9.17, 15) is 14.4 Å². The zero-order valence-corrected chi connectivity index (χ0v) is 14.8. The van der Waals surface area contributed by atoms with Gasteiger partial charge in [0.05, 0.1) is 23.9 Å². The first-order valence-electron chi connectivity index (χ1n) is 8.41. The molecule has 0 radical (unpaired) electrons. The number of para-hydroxylation sites is 1. The van der Waals surface area contributed by atoms with Crippen molar-refractivity contribution in [3.8, 4) is 0 Å². The number of ether oxygens (including phenoxy) is 1. The van der Waals surface area contributed by atoms with Crippen molar-refractivity contribution >= 4 is 23.5 Å². The summed E-state index contributed by atoms with van der Waals surface area (Å²) in [6.45, 7) is 3.76. The number of rotatable bonds is 7. The number of esters is 1. The third-order valence-corrected chi connectivity index (χ3v) is 3.70. The maximum absolute atomic E-state index is 12.6. The summed E-state index contributed by atoms with van der Waals surface area (Å²) in [6.07, 6.45) is -0.399. The van der Waals surface area contributed by atoms with E-state index in [-0.39, 0.29) is 18.6 Å². The van der Waals surface area contributed by atoms with Gasteiger partial charge in [-0.15, -0.1) is 0 Å². The van der Waals surface area contributed by atoms with E-state index in [1.807, 2.05) is 37.3 Å². The number of benzene rings is 2. The normalized spacial score (nSPS) is 11.3. The van der Waals surface area contributed by atoms with Crippen LogP contribution in [0.15, 0.2) is 54.6 Å². The molecule has 136 valence electrons. The molecule has 2 rings (SSSR count). The van der Waals surface area contributed by atoms with Gasteiger partial charge in [0.2, 0.25) is 5.91 Å². The van der Waals surface area contributed by atoms with E-state index < -0.39 is 18.3 Å². The van der Waals surface area contributed by atoms with Gasteiger partial charge in [0.25, 0.3) is 5.91 Å². The minimum atomic E-state index is -0.607. The molecule has 0 aliphatic heterocycles. The van der Waals surface area contributed by atoms with Gasteiger partial charge in [-0.05, 0) is 31.5 Å². The molecule has 0 bridgehead atoms. The molecule has 26 heavy (non-hydrogen) atoms. The maximum atomic E-state index is 12.6. The van der Waals surface area contributed by atoms with Gasteiger partial charge in [-0.1, -0.05) is 42.5 Å². The van der Waals surface area contributed by atoms with Crippen molar-refractivity contribution < 1.29 is 19.1 Å². The van der Waals surface area contributed by atoms with Gasteiger partial charge in [0, 0.05) is 0 Å². The predicted molar refractivity (Wildman–Crippen MR) is 98.6 cm³/mol. The molecule has 0 heterocycles. The smallest absolute Gasteiger partial charge is 0.315 e. The zero-order chi connectivity index (χ0) is 18.9. The van der Waals surface area contributed by atoms with Gasteiger partial charge >= 0.3 is 5.97 Å². The third-order valence-electron chi connectivity index (χ3n) is 3.70. The molecule has 0 fully saturated rings. The first kappa shape index (κ1) is 19.2. The highest BCUT2D eigenvalue weighted by atomic mass is 16.5. The van der Waals surface area contributed by atoms with E-state index in [1.54, 1.807) is 31.2 Å². The molecular formula is C20H22N2O4. The van der Waals surface area contributed by atoms with Crippen molar-refractivity contribution in [2.75, 3.05) is 11.9 Å². The van der Waals surface area contributed by atoms with Crippen molar-refractivity contribution in [1.29, 1.82) is 0 Å². The van der Waals surface area contributed by atoms with Crippen LogP contribution in [0.4, 0.5) is 5.69 Å². The molecule has 0 saturated carbocycles. The lowest BCUT2D eigenvalue weighted by Crippen LogP contribution is -2.28. The van der Waals surface area contributed by atoms with E-state index in [4.69, 9.17) is 4.74 Å². The van der Waals surface area contributed by atoms with E-state index >= 15 is 0 Å². The Balaban J connectivity index is 2.06. The molecule has 2 amide bonds. The topological polar surface area (TPSA) is 84.5 Å². The van der Waals surface area contributed by atoms with Crippen LogP contribution in [0, 0.1) is 0 Å². The Labute approximate surface area is 152 Å². The van der Waals surface area contributed by atoms with Crippen LogP contribution in [0.5, 0.6) is 0 Å². The molecule has 1 atom stereocenters. The summed E-state index contributed by atoms with van der Waals surface area (Å²) >= 11 is 0. The minimum Gasteiger partial charge on any atom is -0.466 e. The van der Waals surface area contributed by atoms with Crippen LogP contribution in [0.25, 0.3) is 0 Å². The van der Waals surface area contributed by atoms with Crippen molar-refractivity contribution in [2.45, 2.75) is 26.3 Å². The second kappa shape index (κ2) is 9.36. The molecule has 0 saturated heterocycles. The first-order valence-corrected chi connectivity index (χ1v) is 8.41. The van der Waals surface area contributed by atoms with Gasteiger partial charge in [0.15, 0.2) is 0 Å². The van der Waals surface area contributed by atoms with Gasteiger partial charge in [-0.25, -0.2) is 0 Å². The fourth-order valence-corrected chi connectivity index (χ4v) is 2.43. The Hall–Kier alpha value is -3.15. The Morgan fingerprint density at radius 3 is 2.35 bits per heavy atom. The average Bonchev–Trinajstić information content (AvgIpc) is 2.62. The van der Waals surface area contributed by atoms with Crippen molar-refractivity contribution in [3.63, 3.8) is 0 Å². The van der Waals surface area contributed by atoms with Gasteiger partial charge in [-0.2, -0.15) is 0 Å². The highest BCUT2D eigenvalue weighted by Crippen LogP contribution is 2.18. The van der Waals surface area contributed by atoms with Crippen LogP contribution in [-0.2, 0) is 14.3 Å². The minimum absolute atomic E-state index is 0.188. The van der Waals surface area contributed by atoms with Crippen molar-refractivity contribution in [1.82, 2.24) is 5.32 Å². The Kier molecular flexibility index (Phi) is 6.91. The number of carbonyl (C=O) groups excluding carboxylic acids is 3. The second-order valence-corrected chi connectivity index (χ2v) is 5.68. The maximum Gasteiger partial charge on any atom is 0.315 e. The lowest BCUT2D eigenvalue weighted by Gasteiger charge is -2.16. The van der Waals surface area contributed by atoms with Gasteiger partial charge in [0.1, 0.15) is 6.42 Å². The number of hydrogen-bond donors (Lipinski definition) is 2. The summed E-state index contributed by atoms with van der Waals surface area (Å²) in [5.41, 5.74) is 1.65. The number of anilines is 1. The van der Waals surface area contributed by atoms with Crippen LogP contribution < -0.4 is 10.6 Å². The lowest BCUT2D eigenvalue weighted by molar-refractivity contribution is -0.145. The van der Waals surface area contributed by atoms with Gasteiger partial charge in [-0.3, -0.25) is 14.4 Å². The number of hydrogen-bond acceptors (Lipinski definition) is 4. The van der Waals surface area contributed by atoms with Crippen LogP contribution >= 0.6 is 0 Å². The van der Waals surface area contributed by atoms with Crippen molar-refractivity contribution in [2.24, 2.45) is 0 Å². The van der Waals surface area contributed by atoms with Crippen LogP contribution in [-0.4, -0.2) is 24.4 Å². The summed E-state index contributed by atoms with van der Waals surface area (Å²) in [4.78, 5) is 36.0. The highest BCUT2D eigenvalue weighted by Gasteiger charge is 2.17. The molecule has 2 aromatic rings. The summed E-state index contributed by atoms with van der Waals surface area (Å²) < 4.78 is 4.75. The summed E-state index contributed by atoms with van der Waals surface area (Å²) in [7, 11) is 0. The summed E-state index contributed by atoms with van der Waals surface area (Å²) in [6, 6.07) is 16.0. The molecule has 1 unspecified atom stereocenters. The molecule has 0 aliphatic rings. The molecule has 6 heteroatoms. The molecule has 0 spiro atoms. The van der Waals surface area contributed by atoms with Crippen LogP contribution in [0.2, 0.25) is 0 Å². The van der Waals surface area contributed by atoms with Gasteiger partial charge < -0.3 is 15.4 Å². The second-order valence-electron chi connectivity index (χ2n) is 5.68. The fraction of sp³-hybridized carbons (Fsp3) is 0.250. The lowest BCUT2D eigenvalue weighted by atomic mass is 10.1. The molecule has 2 N–H and O–H groups in total. The molecule has 2 aromatic carbocycles. The van der Waals surface area contributed by atoms with E-state index in [1.165, 1.54) is 0 Å². The zero-order valence-electron chi connectivity index (χ0n) is 14.8. The Bertz CT molecular complexity index is 774. The highest BCUT2D eigenvalue weighted by molar-refractivity contribution is 6.07. The van der Waals surface area contributed by atoms with Crippen molar-refractivity contribution in [3.05, 3.63) is 65.7 Å². The SMILES string of the molecule is CCOC(=O)CC(=O)Nc1ccccc1C(=O)NC(C)c1ccccc1. The number of amides is 2. The Morgan fingerprint density at radius 2 is 1.65 bits per heavy atom. The van der Waals surface area contributed by atoms with Crippen LogP contribution in [0.3, 0.4) is 0 Å². The predicted octanol–water partition coefficient (Wildman–Crippen LogP) is 3.07. The largest absolute Gasteiger partial charge is 0.466 e. The molecule has 0 aromatic heterocycles. The third kappa shape index (κ3) is 5.44. The van der Waals surface area contributed by atoms with E-state index in [0.717, 1.165) is 5.56 Å². The standard InChI is InChI=1S/C20H22N2O4/c1-3-26-19(24)13-18(23)22-17-12-8-7-11-16(17)20(25)21-14(2)15-9-5-4-6-10-15/h4-12,14H,3,13H2,1-2H3,(H,21,25)(H,22,23). The number of carbonyl (C=O) groups is 3. The molecule has 0 aliphatic carbocycles. The Morgan fingerprint density at radius 1 is 1.00 bits per heavy atom. The van der Waals surface area contributed by atoms with E-state index in [0.29, 0.717) is 11.3 Å². The monoisotopic (exact) mass is 354 g/mol.